The molecule has 0 fully saturated rings. The molecular weight excluding hydrogens is 538 g/mol. The van der Waals surface area contributed by atoms with Crippen LogP contribution in [0.5, 0.6) is 23.0 Å². The number of ether oxygens (including phenoxy) is 4. The Morgan fingerprint density at radius 2 is 1.50 bits per heavy atom. The fourth-order valence-electron chi connectivity index (χ4n) is 5.10. The quantitative estimate of drug-likeness (QED) is 0.297. The molecular formula is C31H25N5O6. The number of nitrogens with one attached hydrogen (secondary N) is 1. The zero-order valence-corrected chi connectivity index (χ0v) is 22.3. The average molecular weight is 564 g/mol. The molecule has 0 aliphatic carbocycles. The second-order valence-electron chi connectivity index (χ2n) is 9.82. The van der Waals surface area contributed by atoms with Crippen LogP contribution in [0.2, 0.25) is 0 Å². The molecule has 5 aromatic rings. The van der Waals surface area contributed by atoms with E-state index in [4.69, 9.17) is 18.9 Å². The number of benzene rings is 4. The number of hydrogen-bond donors (Lipinski definition) is 1. The monoisotopic (exact) mass is 563 g/mol. The van der Waals surface area contributed by atoms with Gasteiger partial charge in [-0.25, -0.2) is 4.68 Å². The highest BCUT2D eigenvalue weighted by molar-refractivity contribution is 5.98. The number of nitrogens with zero attached hydrogens (tertiary/aromatic N) is 4. The summed E-state index contributed by atoms with van der Waals surface area (Å²) in [4.78, 5) is 29.9. The summed E-state index contributed by atoms with van der Waals surface area (Å²) in [5, 5.41) is 11.4. The number of amides is 2. The van der Waals surface area contributed by atoms with E-state index in [0.717, 1.165) is 11.1 Å². The summed E-state index contributed by atoms with van der Waals surface area (Å²) in [5.41, 5.74) is 3.31. The second-order valence-corrected chi connectivity index (χ2v) is 9.82. The summed E-state index contributed by atoms with van der Waals surface area (Å²) in [6, 6.07) is 26.3. The first-order valence-corrected chi connectivity index (χ1v) is 13.3. The van der Waals surface area contributed by atoms with Crippen molar-refractivity contribution in [2.24, 2.45) is 0 Å². The molecule has 2 aliphatic rings. The molecule has 42 heavy (non-hydrogen) atoms. The third-order valence-corrected chi connectivity index (χ3v) is 7.13. The summed E-state index contributed by atoms with van der Waals surface area (Å²) in [5.74, 6) is 1.47. The highest BCUT2D eigenvalue weighted by Gasteiger charge is 2.34. The standard InChI is InChI=1S/C31H25N5O6/c37-29(17-36-24-9-5-4-8-23(24)33-34-36)35(16-20-6-2-1-3-7-20)30(21-10-12-25-27(14-21)41-18-39-25)31(38)32-22-11-13-26-28(15-22)42-19-40-26/h1-15,30H,16-19H2,(H,32,38). The molecule has 1 atom stereocenters. The second kappa shape index (κ2) is 10.8. The van der Waals surface area contributed by atoms with Gasteiger partial charge in [0, 0.05) is 18.3 Å². The highest BCUT2D eigenvalue weighted by atomic mass is 16.7. The Labute approximate surface area is 240 Å². The molecule has 1 N–H and O–H groups in total. The van der Waals surface area contributed by atoms with Gasteiger partial charge < -0.3 is 29.2 Å². The number of aromatic nitrogens is 3. The normalized spacial score (nSPS) is 13.6. The van der Waals surface area contributed by atoms with E-state index in [1.807, 2.05) is 54.6 Å². The molecule has 3 heterocycles. The van der Waals surface area contributed by atoms with E-state index in [1.165, 1.54) is 0 Å². The van der Waals surface area contributed by atoms with Crippen LogP contribution in [0.25, 0.3) is 11.0 Å². The zero-order chi connectivity index (χ0) is 28.5. The minimum absolute atomic E-state index is 0.0822. The van der Waals surface area contributed by atoms with Gasteiger partial charge in [0.15, 0.2) is 23.0 Å². The Bertz CT molecular complexity index is 1790. The van der Waals surface area contributed by atoms with E-state index >= 15 is 0 Å². The van der Waals surface area contributed by atoms with Crippen LogP contribution in [0.1, 0.15) is 17.2 Å². The molecule has 0 saturated heterocycles. The number of anilines is 1. The molecule has 1 aromatic heterocycles. The first kappa shape index (κ1) is 25.4. The maximum Gasteiger partial charge on any atom is 0.251 e. The lowest BCUT2D eigenvalue weighted by Gasteiger charge is -2.32. The van der Waals surface area contributed by atoms with E-state index in [-0.39, 0.29) is 32.6 Å². The van der Waals surface area contributed by atoms with Crippen LogP contribution in [0.4, 0.5) is 5.69 Å². The lowest BCUT2D eigenvalue weighted by Crippen LogP contribution is -2.42. The SMILES string of the molecule is O=C(Nc1ccc2c(c1)OCO2)C(c1ccc2c(c1)OCO2)N(Cc1ccccc1)C(=O)Cn1nnc2ccccc21. The smallest absolute Gasteiger partial charge is 0.251 e. The van der Waals surface area contributed by atoms with Crippen molar-refractivity contribution in [2.75, 3.05) is 18.9 Å². The van der Waals surface area contributed by atoms with E-state index in [1.54, 1.807) is 46.0 Å². The zero-order valence-electron chi connectivity index (χ0n) is 22.3. The molecule has 7 rings (SSSR count). The summed E-state index contributed by atoms with van der Waals surface area (Å²) < 4.78 is 23.6. The molecule has 11 heteroatoms. The Kier molecular flexibility index (Phi) is 6.51. The van der Waals surface area contributed by atoms with Crippen LogP contribution < -0.4 is 24.3 Å². The first-order chi connectivity index (χ1) is 20.6. The van der Waals surface area contributed by atoms with E-state index in [9.17, 15) is 9.59 Å². The predicted octanol–water partition coefficient (Wildman–Crippen LogP) is 4.30. The maximum atomic E-state index is 14.2. The third-order valence-electron chi connectivity index (χ3n) is 7.13. The Morgan fingerprint density at radius 1 is 0.810 bits per heavy atom. The van der Waals surface area contributed by atoms with Gasteiger partial charge in [-0.15, -0.1) is 5.10 Å². The molecule has 11 nitrogen and oxygen atoms in total. The molecule has 1 unspecified atom stereocenters. The van der Waals surface area contributed by atoms with Gasteiger partial charge >= 0.3 is 0 Å². The predicted molar refractivity (Wildman–Crippen MR) is 151 cm³/mol. The highest BCUT2D eigenvalue weighted by Crippen LogP contribution is 2.38. The van der Waals surface area contributed by atoms with Gasteiger partial charge in [0.1, 0.15) is 18.1 Å². The minimum atomic E-state index is -1.03. The third kappa shape index (κ3) is 4.92. The molecule has 4 aromatic carbocycles. The summed E-state index contributed by atoms with van der Waals surface area (Å²) in [7, 11) is 0. The van der Waals surface area contributed by atoms with Crippen LogP contribution in [-0.4, -0.2) is 45.3 Å². The van der Waals surface area contributed by atoms with Crippen molar-refractivity contribution < 1.29 is 28.5 Å². The largest absolute Gasteiger partial charge is 0.454 e. The van der Waals surface area contributed by atoms with Crippen molar-refractivity contribution in [1.82, 2.24) is 19.9 Å². The van der Waals surface area contributed by atoms with Crippen LogP contribution in [0.3, 0.4) is 0 Å². The van der Waals surface area contributed by atoms with Gasteiger partial charge in [-0.1, -0.05) is 53.7 Å². The van der Waals surface area contributed by atoms with Gasteiger partial charge in [0.05, 0.1) is 5.52 Å². The van der Waals surface area contributed by atoms with Crippen molar-refractivity contribution in [1.29, 1.82) is 0 Å². The van der Waals surface area contributed by atoms with Crippen molar-refractivity contribution in [3.63, 3.8) is 0 Å². The van der Waals surface area contributed by atoms with Crippen molar-refractivity contribution in [3.8, 4) is 23.0 Å². The number of carbonyl (C=O) groups excluding carboxylic acids is 2. The molecule has 0 spiro atoms. The summed E-state index contributed by atoms with van der Waals surface area (Å²) >= 11 is 0. The van der Waals surface area contributed by atoms with Gasteiger partial charge in [0.25, 0.3) is 5.91 Å². The molecule has 0 bridgehead atoms. The Hall–Kier alpha value is -5.58. The molecule has 0 saturated carbocycles. The lowest BCUT2D eigenvalue weighted by molar-refractivity contribution is -0.140. The van der Waals surface area contributed by atoms with Crippen LogP contribution in [-0.2, 0) is 22.7 Å². The molecule has 210 valence electrons. The molecule has 2 aliphatic heterocycles. The minimum Gasteiger partial charge on any atom is -0.454 e. The van der Waals surface area contributed by atoms with E-state index in [0.29, 0.717) is 39.8 Å². The van der Waals surface area contributed by atoms with Crippen molar-refractivity contribution in [2.45, 2.75) is 19.1 Å². The van der Waals surface area contributed by atoms with Gasteiger partial charge in [-0.2, -0.15) is 0 Å². The Morgan fingerprint density at radius 3 is 2.31 bits per heavy atom. The van der Waals surface area contributed by atoms with Crippen LogP contribution in [0.15, 0.2) is 91.0 Å². The first-order valence-electron chi connectivity index (χ1n) is 13.3. The summed E-state index contributed by atoms with van der Waals surface area (Å²) in [6.07, 6.45) is 0. The number of hydrogen-bond acceptors (Lipinski definition) is 8. The topological polar surface area (TPSA) is 117 Å². The number of para-hydroxylation sites is 1. The number of rotatable bonds is 8. The number of fused-ring (bicyclic) bond motifs is 3. The van der Waals surface area contributed by atoms with Gasteiger partial charge in [-0.05, 0) is 47.5 Å². The summed E-state index contributed by atoms with van der Waals surface area (Å²) in [6.45, 7) is 0.243. The lowest BCUT2D eigenvalue weighted by atomic mass is 10.0. The molecule has 2 amide bonds. The average Bonchev–Trinajstić information content (AvgIpc) is 3.77. The van der Waals surface area contributed by atoms with Gasteiger partial charge in [-0.3, -0.25) is 9.59 Å². The fraction of sp³-hybridized carbons (Fsp3) is 0.161. The number of carbonyl (C=O) groups is 2. The van der Waals surface area contributed by atoms with E-state index < -0.39 is 11.9 Å². The Balaban J connectivity index is 1.28. The maximum absolute atomic E-state index is 14.2. The fourth-order valence-corrected chi connectivity index (χ4v) is 5.10. The van der Waals surface area contributed by atoms with Crippen molar-refractivity contribution in [3.05, 3.63) is 102 Å². The van der Waals surface area contributed by atoms with Crippen molar-refractivity contribution >= 4 is 28.5 Å². The molecule has 0 radical (unpaired) electrons. The van der Waals surface area contributed by atoms with Gasteiger partial charge in [0.2, 0.25) is 19.5 Å². The van der Waals surface area contributed by atoms with E-state index in [2.05, 4.69) is 15.6 Å². The van der Waals surface area contributed by atoms with Crippen LogP contribution in [0, 0.1) is 0 Å². The van der Waals surface area contributed by atoms with Crippen LogP contribution >= 0.6 is 0 Å².